The van der Waals surface area contributed by atoms with Crippen LogP contribution in [0.4, 0.5) is 8.78 Å². The van der Waals surface area contributed by atoms with E-state index in [2.05, 4.69) is 10.4 Å². The van der Waals surface area contributed by atoms with Gasteiger partial charge < -0.3 is 5.32 Å². The molecule has 0 bridgehead atoms. The second-order valence-corrected chi connectivity index (χ2v) is 5.43. The third-order valence-electron chi connectivity index (χ3n) is 3.64. The van der Waals surface area contributed by atoms with Crippen molar-refractivity contribution in [1.82, 2.24) is 15.1 Å². The summed E-state index contributed by atoms with van der Waals surface area (Å²) in [6.45, 7) is 1.87. The summed E-state index contributed by atoms with van der Waals surface area (Å²) in [5.41, 5.74) is 1.82. The van der Waals surface area contributed by atoms with E-state index in [1.54, 1.807) is 18.8 Å². The zero-order valence-electron chi connectivity index (χ0n) is 12.3. The van der Waals surface area contributed by atoms with Gasteiger partial charge in [-0.3, -0.25) is 4.68 Å². The minimum atomic E-state index is -0.524. The fraction of sp³-hybridized carbons (Fsp3) is 0.400. The van der Waals surface area contributed by atoms with Gasteiger partial charge in [0.15, 0.2) is 0 Å². The average Bonchev–Trinajstić information content (AvgIpc) is 2.67. The van der Waals surface area contributed by atoms with Gasteiger partial charge in [-0.15, -0.1) is 0 Å². The monoisotopic (exact) mass is 313 g/mol. The Hall–Kier alpha value is -1.46. The summed E-state index contributed by atoms with van der Waals surface area (Å²) in [5.74, 6) is -1.05. The van der Waals surface area contributed by atoms with Crippen LogP contribution in [0.2, 0.25) is 5.15 Å². The van der Waals surface area contributed by atoms with Crippen molar-refractivity contribution in [3.63, 3.8) is 0 Å². The lowest BCUT2D eigenvalue weighted by atomic mass is 9.99. The van der Waals surface area contributed by atoms with Crippen LogP contribution < -0.4 is 5.32 Å². The minimum absolute atomic E-state index is 0.0921. The molecule has 0 saturated heterocycles. The maximum atomic E-state index is 13.7. The number of aromatic nitrogens is 2. The smallest absolute Gasteiger partial charge is 0.130 e. The van der Waals surface area contributed by atoms with Crippen LogP contribution in [0.3, 0.4) is 0 Å². The molecule has 2 rings (SSSR count). The third-order valence-corrected chi connectivity index (χ3v) is 4.11. The molecule has 0 saturated carbocycles. The Bertz CT molecular complexity index is 620. The first-order chi connectivity index (χ1) is 9.93. The molecule has 0 radical (unpaired) electrons. The number of hydrogen-bond donors (Lipinski definition) is 1. The van der Waals surface area contributed by atoms with E-state index < -0.39 is 11.6 Å². The molecule has 1 unspecified atom stereocenters. The van der Waals surface area contributed by atoms with Crippen molar-refractivity contribution in [2.24, 2.45) is 7.05 Å². The molecule has 3 nitrogen and oxygen atoms in total. The Balaban J connectivity index is 2.21. The summed E-state index contributed by atoms with van der Waals surface area (Å²) in [6.07, 6.45) is 0.808. The molecule has 6 heteroatoms. The maximum absolute atomic E-state index is 13.7. The highest BCUT2D eigenvalue weighted by atomic mass is 35.5. The van der Waals surface area contributed by atoms with E-state index in [9.17, 15) is 8.78 Å². The SMILES string of the molecule is CNC(Cc1c(F)cccc1F)Cc1c(C)nn(C)c1Cl. The molecule has 0 aliphatic rings. The first kappa shape index (κ1) is 15.9. The number of benzene rings is 1. The van der Waals surface area contributed by atoms with Crippen LogP contribution in [0.5, 0.6) is 0 Å². The zero-order valence-corrected chi connectivity index (χ0v) is 13.0. The first-order valence-corrected chi connectivity index (χ1v) is 7.10. The van der Waals surface area contributed by atoms with Crippen molar-refractivity contribution in [2.75, 3.05) is 7.05 Å². The second-order valence-electron chi connectivity index (χ2n) is 5.07. The van der Waals surface area contributed by atoms with E-state index in [-0.39, 0.29) is 18.0 Å². The Morgan fingerprint density at radius 2 is 1.81 bits per heavy atom. The molecular weight excluding hydrogens is 296 g/mol. The van der Waals surface area contributed by atoms with E-state index in [1.165, 1.54) is 18.2 Å². The molecule has 2 aromatic rings. The molecule has 0 fully saturated rings. The van der Waals surface area contributed by atoms with Gasteiger partial charge in [0.1, 0.15) is 16.8 Å². The quantitative estimate of drug-likeness (QED) is 0.919. The fourth-order valence-corrected chi connectivity index (χ4v) is 2.65. The van der Waals surface area contributed by atoms with Gasteiger partial charge in [-0.05, 0) is 38.9 Å². The first-order valence-electron chi connectivity index (χ1n) is 6.72. The topological polar surface area (TPSA) is 29.9 Å². The Morgan fingerprint density at radius 3 is 2.29 bits per heavy atom. The lowest BCUT2D eigenvalue weighted by molar-refractivity contribution is 0.501. The number of nitrogens with zero attached hydrogens (tertiary/aromatic N) is 2. The maximum Gasteiger partial charge on any atom is 0.130 e. The molecule has 1 aromatic heterocycles. The summed E-state index contributed by atoms with van der Waals surface area (Å²) in [7, 11) is 3.53. The largest absolute Gasteiger partial charge is 0.316 e. The molecule has 1 aromatic carbocycles. The number of likely N-dealkylation sites (N-methyl/N-ethyl adjacent to an activating group) is 1. The van der Waals surface area contributed by atoms with Crippen LogP contribution in [-0.2, 0) is 19.9 Å². The highest BCUT2D eigenvalue weighted by Crippen LogP contribution is 2.22. The van der Waals surface area contributed by atoms with E-state index in [0.717, 1.165) is 11.3 Å². The molecule has 1 heterocycles. The van der Waals surface area contributed by atoms with Gasteiger partial charge in [0.05, 0.1) is 5.69 Å². The molecule has 0 aliphatic carbocycles. The van der Waals surface area contributed by atoms with Gasteiger partial charge in [0.2, 0.25) is 0 Å². The highest BCUT2D eigenvalue weighted by molar-refractivity contribution is 6.30. The van der Waals surface area contributed by atoms with Crippen molar-refractivity contribution in [1.29, 1.82) is 0 Å². The Kier molecular flexibility index (Phi) is 4.96. The third kappa shape index (κ3) is 3.41. The van der Waals surface area contributed by atoms with Crippen LogP contribution >= 0.6 is 11.6 Å². The molecule has 21 heavy (non-hydrogen) atoms. The van der Waals surface area contributed by atoms with Gasteiger partial charge in [0, 0.05) is 24.2 Å². The van der Waals surface area contributed by atoms with Crippen LogP contribution in [0.1, 0.15) is 16.8 Å². The minimum Gasteiger partial charge on any atom is -0.316 e. The van der Waals surface area contributed by atoms with Crippen molar-refractivity contribution in [3.05, 3.63) is 51.8 Å². The molecule has 0 amide bonds. The lowest BCUT2D eigenvalue weighted by Crippen LogP contribution is -2.31. The summed E-state index contributed by atoms with van der Waals surface area (Å²) in [6, 6.07) is 3.78. The van der Waals surface area contributed by atoms with Crippen molar-refractivity contribution in [3.8, 4) is 0 Å². The van der Waals surface area contributed by atoms with Crippen LogP contribution in [0.15, 0.2) is 18.2 Å². The standard InChI is InChI=1S/C15H18ClF2N3/c1-9-11(15(16)21(3)20-9)7-10(19-2)8-12-13(17)5-4-6-14(12)18/h4-6,10,19H,7-8H2,1-3H3. The Labute approximate surface area is 127 Å². The molecule has 0 spiro atoms. The molecule has 0 aliphatic heterocycles. The van der Waals surface area contributed by atoms with Gasteiger partial charge in [-0.1, -0.05) is 17.7 Å². The van der Waals surface area contributed by atoms with Crippen molar-refractivity contribution in [2.45, 2.75) is 25.8 Å². The number of rotatable bonds is 5. The molecule has 114 valence electrons. The summed E-state index contributed by atoms with van der Waals surface area (Å²) in [5, 5.41) is 7.89. The predicted molar refractivity (Wildman–Crippen MR) is 79.6 cm³/mol. The van der Waals surface area contributed by atoms with Crippen LogP contribution in [0.25, 0.3) is 0 Å². The van der Waals surface area contributed by atoms with E-state index in [4.69, 9.17) is 11.6 Å². The number of hydrogen-bond acceptors (Lipinski definition) is 2. The Morgan fingerprint density at radius 1 is 1.24 bits per heavy atom. The van der Waals surface area contributed by atoms with Gasteiger partial charge in [-0.25, -0.2) is 8.78 Å². The van der Waals surface area contributed by atoms with Crippen LogP contribution in [-0.4, -0.2) is 22.9 Å². The summed E-state index contributed by atoms with van der Waals surface area (Å²) >= 11 is 6.21. The average molecular weight is 314 g/mol. The molecular formula is C15H18ClF2N3. The normalized spacial score (nSPS) is 12.7. The van der Waals surface area contributed by atoms with E-state index >= 15 is 0 Å². The summed E-state index contributed by atoms with van der Waals surface area (Å²) in [4.78, 5) is 0. The molecule has 1 atom stereocenters. The fourth-order valence-electron chi connectivity index (χ4n) is 2.40. The number of halogens is 3. The van der Waals surface area contributed by atoms with E-state index in [1.807, 2.05) is 6.92 Å². The van der Waals surface area contributed by atoms with Crippen LogP contribution in [0, 0.1) is 18.6 Å². The summed E-state index contributed by atoms with van der Waals surface area (Å²) < 4.78 is 29.1. The van der Waals surface area contributed by atoms with Crippen molar-refractivity contribution >= 4 is 11.6 Å². The lowest BCUT2D eigenvalue weighted by Gasteiger charge is -2.17. The van der Waals surface area contributed by atoms with Gasteiger partial charge in [0.25, 0.3) is 0 Å². The highest BCUT2D eigenvalue weighted by Gasteiger charge is 2.19. The number of nitrogens with one attached hydrogen (secondary N) is 1. The second kappa shape index (κ2) is 6.54. The number of aryl methyl sites for hydroxylation is 2. The van der Waals surface area contributed by atoms with Gasteiger partial charge in [-0.2, -0.15) is 5.10 Å². The molecule has 1 N–H and O–H groups in total. The zero-order chi connectivity index (χ0) is 15.6. The predicted octanol–water partition coefficient (Wildman–Crippen LogP) is 3.03. The van der Waals surface area contributed by atoms with Gasteiger partial charge >= 0.3 is 0 Å². The van der Waals surface area contributed by atoms with Crippen molar-refractivity contribution < 1.29 is 8.78 Å². The van der Waals surface area contributed by atoms with E-state index in [0.29, 0.717) is 11.6 Å².